The summed E-state index contributed by atoms with van der Waals surface area (Å²) in [6, 6.07) is 7.86. The number of aryl methyl sites for hydroxylation is 1. The van der Waals surface area contributed by atoms with Crippen LogP contribution in [-0.4, -0.2) is 15.0 Å². The van der Waals surface area contributed by atoms with Gasteiger partial charge < -0.3 is 9.84 Å². The summed E-state index contributed by atoms with van der Waals surface area (Å²) in [5.41, 5.74) is 1.26. The number of pyridine rings is 1. The number of benzene rings is 1. The first kappa shape index (κ1) is 14.0. The number of ether oxygens (including phenoxy) is 1. The average Bonchev–Trinajstić information content (AvgIpc) is 2.39. The monoisotopic (exact) mass is 274 g/mol. The first-order chi connectivity index (χ1) is 9.47. The predicted octanol–water partition coefficient (Wildman–Crippen LogP) is 3.14. The van der Waals surface area contributed by atoms with Crippen LogP contribution in [0.3, 0.4) is 0 Å². The van der Waals surface area contributed by atoms with Gasteiger partial charge in [-0.05, 0) is 37.6 Å². The van der Waals surface area contributed by atoms with Crippen LogP contribution in [0.15, 0.2) is 36.5 Å². The van der Waals surface area contributed by atoms with Crippen molar-refractivity contribution in [3.63, 3.8) is 0 Å². The molecule has 6 nitrogen and oxygen atoms in total. The number of aliphatic hydroxyl groups is 1. The molecule has 0 amide bonds. The van der Waals surface area contributed by atoms with Gasteiger partial charge in [-0.25, -0.2) is 4.98 Å². The molecule has 2 rings (SSSR count). The van der Waals surface area contributed by atoms with Gasteiger partial charge in [0.1, 0.15) is 5.75 Å². The van der Waals surface area contributed by atoms with E-state index in [4.69, 9.17) is 4.74 Å². The van der Waals surface area contributed by atoms with Gasteiger partial charge in [0, 0.05) is 23.9 Å². The Morgan fingerprint density at radius 1 is 1.35 bits per heavy atom. The van der Waals surface area contributed by atoms with Gasteiger partial charge in [0.25, 0.3) is 5.69 Å². The van der Waals surface area contributed by atoms with Crippen molar-refractivity contribution in [2.24, 2.45) is 0 Å². The van der Waals surface area contributed by atoms with Gasteiger partial charge in [0.15, 0.2) is 0 Å². The Hall–Kier alpha value is -2.47. The lowest BCUT2D eigenvalue weighted by Crippen LogP contribution is -1.95. The average molecular weight is 274 g/mol. The second kappa shape index (κ2) is 5.66. The molecule has 0 saturated heterocycles. The molecule has 104 valence electrons. The number of hydrogen-bond acceptors (Lipinski definition) is 5. The molecular formula is C14H14N2O4. The van der Waals surface area contributed by atoms with Crippen molar-refractivity contribution >= 4 is 5.69 Å². The van der Waals surface area contributed by atoms with Crippen LogP contribution in [0.25, 0.3) is 0 Å². The summed E-state index contributed by atoms with van der Waals surface area (Å²) in [6.07, 6.45) is 0.941. The molecule has 0 bridgehead atoms. The second-order valence-corrected chi connectivity index (χ2v) is 4.41. The van der Waals surface area contributed by atoms with Crippen molar-refractivity contribution in [1.82, 2.24) is 4.98 Å². The highest BCUT2D eigenvalue weighted by Crippen LogP contribution is 2.26. The van der Waals surface area contributed by atoms with Crippen molar-refractivity contribution in [2.45, 2.75) is 20.0 Å². The third kappa shape index (κ3) is 3.10. The minimum Gasteiger partial charge on any atom is -0.439 e. The van der Waals surface area contributed by atoms with Crippen LogP contribution in [0.5, 0.6) is 11.6 Å². The van der Waals surface area contributed by atoms with Crippen LogP contribution in [0.4, 0.5) is 5.69 Å². The first-order valence-corrected chi connectivity index (χ1v) is 6.04. The maximum atomic E-state index is 10.7. The third-order valence-corrected chi connectivity index (χ3v) is 2.83. The summed E-state index contributed by atoms with van der Waals surface area (Å²) in [7, 11) is 0. The third-order valence-electron chi connectivity index (χ3n) is 2.83. The van der Waals surface area contributed by atoms with E-state index in [9.17, 15) is 15.2 Å². The molecule has 1 heterocycles. The molecular weight excluding hydrogens is 260 g/mol. The van der Waals surface area contributed by atoms with Crippen LogP contribution >= 0.6 is 0 Å². The van der Waals surface area contributed by atoms with Crippen molar-refractivity contribution in [3.05, 3.63) is 57.8 Å². The number of rotatable bonds is 4. The molecule has 0 aliphatic rings. The van der Waals surface area contributed by atoms with Gasteiger partial charge in [0.2, 0.25) is 5.88 Å². The summed E-state index contributed by atoms with van der Waals surface area (Å²) in [6.45, 7) is 3.30. The number of nitro benzene ring substituents is 1. The van der Waals surface area contributed by atoms with Gasteiger partial charge in [-0.15, -0.1) is 0 Å². The first-order valence-electron chi connectivity index (χ1n) is 6.04. The van der Waals surface area contributed by atoms with Crippen molar-refractivity contribution in [1.29, 1.82) is 0 Å². The molecule has 0 radical (unpaired) electrons. The SMILES string of the molecule is Cc1cc(Oc2ccc([C@@H](C)O)cn2)ccc1[N+](=O)[O-]. The Bertz CT molecular complexity index is 624. The summed E-state index contributed by atoms with van der Waals surface area (Å²) in [5.74, 6) is 0.841. The predicted molar refractivity (Wildman–Crippen MR) is 72.8 cm³/mol. The van der Waals surface area contributed by atoms with Crippen LogP contribution in [-0.2, 0) is 0 Å². The van der Waals surface area contributed by atoms with E-state index >= 15 is 0 Å². The quantitative estimate of drug-likeness (QED) is 0.683. The Kier molecular flexibility index (Phi) is 3.95. The van der Waals surface area contributed by atoms with E-state index in [-0.39, 0.29) is 5.69 Å². The molecule has 0 aliphatic heterocycles. The van der Waals surface area contributed by atoms with E-state index in [1.807, 2.05) is 0 Å². The Balaban J connectivity index is 2.17. The van der Waals surface area contributed by atoms with Gasteiger partial charge in [-0.2, -0.15) is 0 Å². The van der Waals surface area contributed by atoms with E-state index in [0.29, 0.717) is 22.8 Å². The smallest absolute Gasteiger partial charge is 0.272 e. The van der Waals surface area contributed by atoms with Crippen molar-refractivity contribution in [2.75, 3.05) is 0 Å². The summed E-state index contributed by atoms with van der Waals surface area (Å²) in [4.78, 5) is 14.4. The molecule has 1 N–H and O–H groups in total. The van der Waals surface area contributed by atoms with Gasteiger partial charge in [-0.1, -0.05) is 0 Å². The fourth-order valence-corrected chi connectivity index (χ4v) is 1.72. The lowest BCUT2D eigenvalue weighted by Gasteiger charge is -2.07. The summed E-state index contributed by atoms with van der Waals surface area (Å²) in [5, 5.41) is 20.1. The van der Waals surface area contributed by atoms with Gasteiger partial charge in [0.05, 0.1) is 11.0 Å². The fourth-order valence-electron chi connectivity index (χ4n) is 1.72. The minimum atomic E-state index is -0.585. The normalized spacial score (nSPS) is 11.9. The number of aromatic nitrogens is 1. The Morgan fingerprint density at radius 2 is 2.10 bits per heavy atom. The lowest BCUT2D eigenvalue weighted by atomic mass is 10.2. The maximum absolute atomic E-state index is 10.7. The largest absolute Gasteiger partial charge is 0.439 e. The highest BCUT2D eigenvalue weighted by atomic mass is 16.6. The molecule has 1 aromatic heterocycles. The fraction of sp³-hybridized carbons (Fsp3) is 0.214. The molecule has 0 fully saturated rings. The van der Waals surface area contributed by atoms with Crippen LogP contribution < -0.4 is 4.74 Å². The molecule has 0 aliphatic carbocycles. The number of hydrogen-bond donors (Lipinski definition) is 1. The molecule has 2 aromatic rings. The van der Waals surface area contributed by atoms with E-state index in [2.05, 4.69) is 4.98 Å². The van der Waals surface area contributed by atoms with E-state index in [1.165, 1.54) is 18.3 Å². The zero-order chi connectivity index (χ0) is 14.7. The molecule has 0 saturated carbocycles. The van der Waals surface area contributed by atoms with Gasteiger partial charge in [-0.3, -0.25) is 10.1 Å². The summed E-state index contributed by atoms with van der Waals surface area (Å²) < 4.78 is 5.51. The number of aliphatic hydroxyl groups excluding tert-OH is 1. The van der Waals surface area contributed by atoms with Crippen molar-refractivity contribution < 1.29 is 14.8 Å². The molecule has 1 atom stereocenters. The standard InChI is InChI=1S/C14H14N2O4/c1-9-7-12(4-5-13(9)16(18)19)20-14-6-3-11(8-15-14)10(2)17/h3-8,10,17H,1-2H3/t10-/m1/s1. The molecule has 0 spiro atoms. The highest BCUT2D eigenvalue weighted by molar-refractivity contribution is 5.45. The second-order valence-electron chi connectivity index (χ2n) is 4.41. The summed E-state index contributed by atoms with van der Waals surface area (Å²) >= 11 is 0. The number of nitrogens with zero attached hydrogens (tertiary/aromatic N) is 2. The minimum absolute atomic E-state index is 0.0507. The molecule has 20 heavy (non-hydrogen) atoms. The van der Waals surface area contributed by atoms with E-state index in [1.54, 1.807) is 32.0 Å². The maximum Gasteiger partial charge on any atom is 0.272 e. The van der Waals surface area contributed by atoms with E-state index in [0.717, 1.165) is 0 Å². The van der Waals surface area contributed by atoms with E-state index < -0.39 is 11.0 Å². The van der Waals surface area contributed by atoms with Crippen LogP contribution in [0.2, 0.25) is 0 Å². The molecule has 1 aromatic carbocycles. The molecule has 6 heteroatoms. The van der Waals surface area contributed by atoms with Crippen molar-refractivity contribution in [3.8, 4) is 11.6 Å². The Morgan fingerprint density at radius 3 is 2.60 bits per heavy atom. The lowest BCUT2D eigenvalue weighted by molar-refractivity contribution is -0.385. The number of nitro groups is 1. The molecule has 0 unspecified atom stereocenters. The highest BCUT2D eigenvalue weighted by Gasteiger charge is 2.11. The zero-order valence-corrected chi connectivity index (χ0v) is 11.1. The van der Waals surface area contributed by atoms with Gasteiger partial charge >= 0.3 is 0 Å². The van der Waals surface area contributed by atoms with Crippen LogP contribution in [0.1, 0.15) is 24.2 Å². The topological polar surface area (TPSA) is 85.5 Å². The Labute approximate surface area is 115 Å². The zero-order valence-electron chi connectivity index (χ0n) is 11.1. The van der Waals surface area contributed by atoms with Crippen LogP contribution in [0, 0.1) is 17.0 Å².